The first kappa shape index (κ1) is 16.0. The Morgan fingerprint density at radius 1 is 1.38 bits per heavy atom. The van der Waals surface area contributed by atoms with E-state index in [2.05, 4.69) is 6.92 Å². The summed E-state index contributed by atoms with van der Waals surface area (Å²) in [4.78, 5) is 0. The maximum atomic E-state index is 12.6. The molecule has 0 amide bonds. The molecular formula is C15H21N3O2S. The van der Waals surface area contributed by atoms with Gasteiger partial charge in [-0.3, -0.25) is 0 Å². The number of nitriles is 1. The van der Waals surface area contributed by atoms with Gasteiger partial charge in [0.25, 0.3) is 0 Å². The van der Waals surface area contributed by atoms with Crippen molar-refractivity contribution >= 4 is 10.0 Å². The van der Waals surface area contributed by atoms with Crippen LogP contribution in [0.15, 0.2) is 24.3 Å². The number of sulfonamides is 1. The number of hydrogen-bond donors (Lipinski definition) is 1. The summed E-state index contributed by atoms with van der Waals surface area (Å²) in [5, 5.41) is 8.77. The number of nitrogens with zero attached hydrogens (tertiary/aromatic N) is 2. The lowest BCUT2D eigenvalue weighted by Crippen LogP contribution is -2.51. The zero-order chi connectivity index (χ0) is 15.5. The monoisotopic (exact) mass is 307 g/mol. The fourth-order valence-electron chi connectivity index (χ4n) is 2.88. The predicted molar refractivity (Wildman–Crippen MR) is 81.7 cm³/mol. The van der Waals surface area contributed by atoms with Gasteiger partial charge >= 0.3 is 0 Å². The third-order valence-corrected chi connectivity index (χ3v) is 5.96. The second-order valence-electron chi connectivity index (χ2n) is 5.60. The average Bonchev–Trinajstić information content (AvgIpc) is 2.47. The topological polar surface area (TPSA) is 87.2 Å². The van der Waals surface area contributed by atoms with Crippen LogP contribution in [0.25, 0.3) is 0 Å². The van der Waals surface area contributed by atoms with Gasteiger partial charge < -0.3 is 5.73 Å². The highest BCUT2D eigenvalue weighted by atomic mass is 32.2. The molecule has 2 unspecified atom stereocenters. The molecule has 0 saturated carbocycles. The second kappa shape index (κ2) is 6.56. The predicted octanol–water partition coefficient (Wildman–Crippen LogP) is 1.45. The van der Waals surface area contributed by atoms with Crippen molar-refractivity contribution in [3.05, 3.63) is 35.4 Å². The Labute approximate surface area is 126 Å². The highest BCUT2D eigenvalue weighted by Gasteiger charge is 2.35. The largest absolute Gasteiger partial charge is 0.329 e. The van der Waals surface area contributed by atoms with Gasteiger partial charge in [-0.1, -0.05) is 19.1 Å². The highest BCUT2D eigenvalue weighted by Crippen LogP contribution is 2.26. The van der Waals surface area contributed by atoms with E-state index in [4.69, 9.17) is 11.0 Å². The first-order valence-electron chi connectivity index (χ1n) is 7.16. The molecule has 0 aliphatic carbocycles. The van der Waals surface area contributed by atoms with Crippen molar-refractivity contribution in [2.75, 3.05) is 13.1 Å². The maximum Gasteiger partial charge on any atom is 0.218 e. The van der Waals surface area contributed by atoms with Crippen LogP contribution in [0, 0.1) is 17.2 Å². The van der Waals surface area contributed by atoms with Gasteiger partial charge in [0.2, 0.25) is 10.0 Å². The summed E-state index contributed by atoms with van der Waals surface area (Å²) >= 11 is 0. The highest BCUT2D eigenvalue weighted by molar-refractivity contribution is 7.88. The molecular weight excluding hydrogens is 286 g/mol. The van der Waals surface area contributed by atoms with Gasteiger partial charge in [0.1, 0.15) is 0 Å². The van der Waals surface area contributed by atoms with E-state index in [0.717, 1.165) is 12.8 Å². The first-order valence-corrected chi connectivity index (χ1v) is 8.77. The summed E-state index contributed by atoms with van der Waals surface area (Å²) in [5.74, 6) is 0.251. The molecule has 6 heteroatoms. The SMILES string of the molecule is CC1CCCN(S(=O)(=O)Cc2ccc(C#N)cc2)C1CN. The smallest absolute Gasteiger partial charge is 0.218 e. The van der Waals surface area contributed by atoms with Gasteiger partial charge in [-0.2, -0.15) is 9.57 Å². The molecule has 2 atom stereocenters. The van der Waals surface area contributed by atoms with Crippen LogP contribution in [0.4, 0.5) is 0 Å². The summed E-state index contributed by atoms with van der Waals surface area (Å²) in [6.45, 7) is 2.96. The van der Waals surface area contributed by atoms with Crippen molar-refractivity contribution in [3.63, 3.8) is 0 Å². The number of piperidine rings is 1. The number of benzene rings is 1. The van der Waals surface area contributed by atoms with E-state index in [1.807, 2.05) is 6.07 Å². The van der Waals surface area contributed by atoms with Crippen molar-refractivity contribution in [2.45, 2.75) is 31.6 Å². The summed E-state index contributed by atoms with van der Waals surface area (Å²) in [7, 11) is -3.38. The molecule has 5 nitrogen and oxygen atoms in total. The van der Waals surface area contributed by atoms with Gasteiger partial charge in [0.15, 0.2) is 0 Å². The van der Waals surface area contributed by atoms with Crippen molar-refractivity contribution in [3.8, 4) is 6.07 Å². The summed E-state index contributed by atoms with van der Waals surface area (Å²) in [6.07, 6.45) is 1.90. The normalized spacial score (nSPS) is 23.7. The van der Waals surface area contributed by atoms with Gasteiger partial charge in [-0.15, -0.1) is 0 Å². The molecule has 0 aromatic heterocycles. The lowest BCUT2D eigenvalue weighted by molar-refractivity contribution is 0.192. The summed E-state index contributed by atoms with van der Waals surface area (Å²) < 4.78 is 26.8. The van der Waals surface area contributed by atoms with Crippen LogP contribution in [0.2, 0.25) is 0 Å². The van der Waals surface area contributed by atoms with E-state index in [9.17, 15) is 8.42 Å². The Morgan fingerprint density at radius 2 is 2.05 bits per heavy atom. The molecule has 1 saturated heterocycles. The second-order valence-corrected chi connectivity index (χ2v) is 7.52. The number of nitrogens with two attached hydrogens (primary N) is 1. The van der Waals surface area contributed by atoms with E-state index in [1.165, 1.54) is 0 Å². The quantitative estimate of drug-likeness (QED) is 0.912. The lowest BCUT2D eigenvalue weighted by Gasteiger charge is -2.38. The third kappa shape index (κ3) is 3.62. The van der Waals surface area contributed by atoms with Crippen LogP contribution in [-0.2, 0) is 15.8 Å². The fourth-order valence-corrected chi connectivity index (χ4v) is 4.77. The van der Waals surface area contributed by atoms with Crippen molar-refractivity contribution < 1.29 is 8.42 Å². The first-order chi connectivity index (χ1) is 9.97. The van der Waals surface area contributed by atoms with E-state index < -0.39 is 10.0 Å². The molecule has 114 valence electrons. The molecule has 1 aliphatic rings. The number of rotatable bonds is 4. The van der Waals surface area contributed by atoms with E-state index in [1.54, 1.807) is 28.6 Å². The molecule has 1 heterocycles. The molecule has 1 fully saturated rings. The zero-order valence-corrected chi connectivity index (χ0v) is 13.0. The Balaban J connectivity index is 2.18. The van der Waals surface area contributed by atoms with Crippen molar-refractivity contribution in [2.24, 2.45) is 11.7 Å². The van der Waals surface area contributed by atoms with Crippen molar-refractivity contribution in [1.82, 2.24) is 4.31 Å². The lowest BCUT2D eigenvalue weighted by atomic mass is 9.93. The van der Waals surface area contributed by atoms with Crippen molar-refractivity contribution in [1.29, 1.82) is 5.26 Å². The van der Waals surface area contributed by atoms with E-state index in [0.29, 0.717) is 30.1 Å². The molecule has 0 spiro atoms. The van der Waals surface area contributed by atoms with Crippen LogP contribution in [0.3, 0.4) is 0 Å². The molecule has 2 rings (SSSR count). The maximum absolute atomic E-state index is 12.6. The van der Waals surface area contributed by atoms with E-state index in [-0.39, 0.29) is 11.8 Å². The Kier molecular flexibility index (Phi) is 4.99. The molecule has 21 heavy (non-hydrogen) atoms. The van der Waals surface area contributed by atoms with E-state index >= 15 is 0 Å². The minimum atomic E-state index is -3.38. The fraction of sp³-hybridized carbons (Fsp3) is 0.533. The molecule has 1 aromatic rings. The molecule has 2 N–H and O–H groups in total. The average molecular weight is 307 g/mol. The van der Waals surface area contributed by atoms with Gasteiger partial charge in [-0.25, -0.2) is 8.42 Å². The van der Waals surface area contributed by atoms with Crippen LogP contribution in [0.1, 0.15) is 30.9 Å². The van der Waals surface area contributed by atoms with Crippen LogP contribution in [-0.4, -0.2) is 31.9 Å². The third-order valence-electron chi connectivity index (χ3n) is 4.10. The number of hydrogen-bond acceptors (Lipinski definition) is 4. The Bertz CT molecular complexity index is 619. The van der Waals surface area contributed by atoms with Gasteiger partial charge in [-0.05, 0) is 36.5 Å². The minimum Gasteiger partial charge on any atom is -0.329 e. The molecule has 1 aromatic carbocycles. The molecule has 0 radical (unpaired) electrons. The minimum absolute atomic E-state index is 0.0398. The van der Waals surface area contributed by atoms with Gasteiger partial charge in [0, 0.05) is 19.1 Å². The summed E-state index contributed by atoms with van der Waals surface area (Å²) in [6, 6.07) is 8.59. The zero-order valence-electron chi connectivity index (χ0n) is 12.2. The van der Waals surface area contributed by atoms with Crippen LogP contribution in [0.5, 0.6) is 0 Å². The summed E-state index contributed by atoms with van der Waals surface area (Å²) in [5.41, 5.74) is 7.00. The Hall–Kier alpha value is -1.42. The van der Waals surface area contributed by atoms with Crippen LogP contribution >= 0.6 is 0 Å². The molecule has 1 aliphatic heterocycles. The molecule has 0 bridgehead atoms. The van der Waals surface area contributed by atoms with Gasteiger partial charge in [0.05, 0.1) is 17.4 Å². The Morgan fingerprint density at radius 3 is 2.62 bits per heavy atom. The van der Waals surface area contributed by atoms with Crippen LogP contribution < -0.4 is 5.73 Å². The standard InChI is InChI=1S/C15H21N3O2S/c1-12-3-2-8-18(15(12)10-17)21(19,20)11-14-6-4-13(9-16)5-7-14/h4-7,12,15H,2-3,8,10-11,17H2,1H3.